The van der Waals surface area contributed by atoms with Crippen molar-refractivity contribution < 1.29 is 0 Å². The van der Waals surface area contributed by atoms with Crippen molar-refractivity contribution in [3.8, 4) is 22.4 Å². The van der Waals surface area contributed by atoms with Crippen LogP contribution in [0.5, 0.6) is 0 Å². The van der Waals surface area contributed by atoms with Crippen LogP contribution in [0.2, 0.25) is 0 Å². The number of rotatable bonds is 2. The van der Waals surface area contributed by atoms with Gasteiger partial charge in [0, 0.05) is 22.6 Å². The third-order valence-electron chi connectivity index (χ3n) is 3.63. The van der Waals surface area contributed by atoms with Crippen LogP contribution in [0.4, 0.5) is 5.82 Å². The molecule has 3 rings (SSSR count). The highest BCUT2D eigenvalue weighted by Crippen LogP contribution is 2.40. The molecule has 3 aromatic rings. The molecule has 0 aliphatic carbocycles. The molecule has 0 bridgehead atoms. The monoisotopic (exact) mass is 341 g/mol. The zero-order chi connectivity index (χ0) is 15.0. The Morgan fingerprint density at radius 2 is 1.62 bits per heavy atom. The van der Waals surface area contributed by atoms with E-state index < -0.39 is 0 Å². The molecule has 2 N–H and O–H groups in total. The Morgan fingerprint density at radius 1 is 1.00 bits per heavy atom. The molecule has 3 nitrogen and oxygen atoms in total. The van der Waals surface area contributed by atoms with Gasteiger partial charge in [-0.2, -0.15) is 5.10 Å². The molecule has 0 aliphatic heterocycles. The van der Waals surface area contributed by atoms with Crippen LogP contribution in [0.3, 0.4) is 0 Å². The third kappa shape index (κ3) is 2.36. The average molecular weight is 342 g/mol. The number of hydrogen-bond donors (Lipinski definition) is 1. The molecule has 0 atom stereocenters. The van der Waals surface area contributed by atoms with Crippen molar-refractivity contribution in [2.24, 2.45) is 7.05 Å². The zero-order valence-electron chi connectivity index (χ0n) is 12.0. The van der Waals surface area contributed by atoms with Crippen LogP contribution < -0.4 is 5.73 Å². The summed E-state index contributed by atoms with van der Waals surface area (Å²) in [5.41, 5.74) is 11.5. The van der Waals surface area contributed by atoms with Crippen molar-refractivity contribution >= 4 is 21.7 Å². The van der Waals surface area contributed by atoms with Crippen molar-refractivity contribution in [1.82, 2.24) is 9.78 Å². The summed E-state index contributed by atoms with van der Waals surface area (Å²) < 4.78 is 2.75. The number of nitrogen functional groups attached to an aromatic ring is 1. The molecule has 0 radical (unpaired) electrons. The third-order valence-corrected chi connectivity index (χ3v) is 4.33. The minimum atomic E-state index is 0.667. The first-order chi connectivity index (χ1) is 10.1. The molecule has 1 heterocycles. The molecular formula is C17H16BrN3. The Bertz CT molecular complexity index is 806. The quantitative estimate of drug-likeness (QED) is 0.750. The summed E-state index contributed by atoms with van der Waals surface area (Å²) in [4.78, 5) is 0. The Labute approximate surface area is 132 Å². The van der Waals surface area contributed by atoms with Gasteiger partial charge in [-0.25, -0.2) is 0 Å². The number of anilines is 1. The molecule has 0 spiro atoms. The van der Waals surface area contributed by atoms with Gasteiger partial charge in [0.1, 0.15) is 11.5 Å². The van der Waals surface area contributed by atoms with Gasteiger partial charge in [0.15, 0.2) is 0 Å². The van der Waals surface area contributed by atoms with E-state index in [2.05, 4.69) is 46.2 Å². The number of aryl methyl sites for hydroxylation is 2. The van der Waals surface area contributed by atoms with Crippen LogP contribution in [0.15, 0.2) is 53.0 Å². The van der Waals surface area contributed by atoms with E-state index in [1.54, 1.807) is 4.68 Å². The molecule has 0 fully saturated rings. The van der Waals surface area contributed by atoms with E-state index in [0.717, 1.165) is 26.9 Å². The molecule has 4 heteroatoms. The normalized spacial score (nSPS) is 10.8. The Morgan fingerprint density at radius 3 is 2.29 bits per heavy atom. The lowest BCUT2D eigenvalue weighted by Crippen LogP contribution is -1.98. The van der Waals surface area contributed by atoms with Gasteiger partial charge < -0.3 is 5.73 Å². The van der Waals surface area contributed by atoms with E-state index >= 15 is 0 Å². The standard InChI is InChI=1S/C17H16BrN3/c1-11-7-3-4-8-12(11)16-15(17(19)21(2)20-16)13-9-5-6-10-14(13)18/h3-10H,19H2,1-2H3. The lowest BCUT2D eigenvalue weighted by Gasteiger charge is -2.08. The number of hydrogen-bond acceptors (Lipinski definition) is 2. The lowest BCUT2D eigenvalue weighted by molar-refractivity contribution is 0.782. The Kier molecular flexibility index (Phi) is 3.55. The van der Waals surface area contributed by atoms with Crippen molar-refractivity contribution in [2.45, 2.75) is 6.92 Å². The first-order valence-electron chi connectivity index (χ1n) is 6.73. The number of benzene rings is 2. The van der Waals surface area contributed by atoms with E-state index in [1.807, 2.05) is 37.4 Å². The molecule has 2 aromatic carbocycles. The first kappa shape index (κ1) is 13.9. The minimum Gasteiger partial charge on any atom is -0.383 e. The van der Waals surface area contributed by atoms with Gasteiger partial charge in [0.2, 0.25) is 0 Å². The second-order valence-corrected chi connectivity index (χ2v) is 5.88. The molecule has 0 amide bonds. The first-order valence-corrected chi connectivity index (χ1v) is 7.52. The van der Waals surface area contributed by atoms with Crippen molar-refractivity contribution in [3.05, 3.63) is 58.6 Å². The molecule has 1 aromatic heterocycles. The topological polar surface area (TPSA) is 43.8 Å². The molecule has 0 unspecified atom stereocenters. The second kappa shape index (κ2) is 5.37. The second-order valence-electron chi connectivity index (χ2n) is 5.03. The number of nitrogens with zero attached hydrogens (tertiary/aromatic N) is 2. The van der Waals surface area contributed by atoms with Gasteiger partial charge in [-0.3, -0.25) is 4.68 Å². The van der Waals surface area contributed by atoms with Gasteiger partial charge in [0.05, 0.1) is 5.56 Å². The van der Waals surface area contributed by atoms with E-state index in [0.29, 0.717) is 5.82 Å². The van der Waals surface area contributed by atoms with Crippen LogP contribution in [-0.4, -0.2) is 9.78 Å². The van der Waals surface area contributed by atoms with E-state index in [9.17, 15) is 0 Å². The SMILES string of the molecule is Cc1ccccc1-c1nn(C)c(N)c1-c1ccccc1Br. The fourth-order valence-electron chi connectivity index (χ4n) is 2.49. The van der Waals surface area contributed by atoms with Crippen LogP contribution >= 0.6 is 15.9 Å². The molecular weight excluding hydrogens is 326 g/mol. The summed E-state index contributed by atoms with van der Waals surface area (Å²) in [6.45, 7) is 2.09. The molecule has 0 saturated heterocycles. The van der Waals surface area contributed by atoms with Gasteiger partial charge in [-0.1, -0.05) is 58.4 Å². The predicted octanol–water partition coefficient (Wildman–Crippen LogP) is 4.41. The van der Waals surface area contributed by atoms with Crippen LogP contribution in [0.1, 0.15) is 5.56 Å². The Balaban J connectivity index is 2.32. The minimum absolute atomic E-state index is 0.667. The summed E-state index contributed by atoms with van der Waals surface area (Å²) in [5, 5.41) is 4.63. The molecule has 0 saturated carbocycles. The average Bonchev–Trinajstić information content (AvgIpc) is 2.76. The maximum atomic E-state index is 6.27. The summed E-state index contributed by atoms with van der Waals surface area (Å²) in [6.07, 6.45) is 0. The molecule has 21 heavy (non-hydrogen) atoms. The van der Waals surface area contributed by atoms with Gasteiger partial charge in [0.25, 0.3) is 0 Å². The van der Waals surface area contributed by atoms with Gasteiger partial charge in [-0.15, -0.1) is 0 Å². The van der Waals surface area contributed by atoms with Crippen LogP contribution in [-0.2, 0) is 7.05 Å². The maximum absolute atomic E-state index is 6.27. The van der Waals surface area contributed by atoms with Gasteiger partial charge >= 0.3 is 0 Å². The number of aromatic nitrogens is 2. The summed E-state index contributed by atoms with van der Waals surface area (Å²) in [6, 6.07) is 16.3. The smallest absolute Gasteiger partial charge is 0.129 e. The summed E-state index contributed by atoms with van der Waals surface area (Å²) >= 11 is 3.61. The predicted molar refractivity (Wildman–Crippen MR) is 90.9 cm³/mol. The van der Waals surface area contributed by atoms with Crippen molar-refractivity contribution in [3.63, 3.8) is 0 Å². The molecule has 0 aliphatic rings. The fourth-order valence-corrected chi connectivity index (χ4v) is 2.98. The molecule has 106 valence electrons. The lowest BCUT2D eigenvalue weighted by atomic mass is 9.98. The van der Waals surface area contributed by atoms with E-state index in [-0.39, 0.29) is 0 Å². The highest BCUT2D eigenvalue weighted by atomic mass is 79.9. The highest BCUT2D eigenvalue weighted by Gasteiger charge is 2.19. The number of nitrogens with two attached hydrogens (primary N) is 1. The summed E-state index contributed by atoms with van der Waals surface area (Å²) in [7, 11) is 1.87. The van der Waals surface area contributed by atoms with Crippen LogP contribution in [0.25, 0.3) is 22.4 Å². The van der Waals surface area contributed by atoms with E-state index in [4.69, 9.17) is 5.73 Å². The largest absolute Gasteiger partial charge is 0.383 e. The van der Waals surface area contributed by atoms with Crippen molar-refractivity contribution in [2.75, 3.05) is 5.73 Å². The van der Waals surface area contributed by atoms with Crippen molar-refractivity contribution in [1.29, 1.82) is 0 Å². The van der Waals surface area contributed by atoms with Gasteiger partial charge in [-0.05, 0) is 18.6 Å². The highest BCUT2D eigenvalue weighted by molar-refractivity contribution is 9.10. The van der Waals surface area contributed by atoms with E-state index in [1.165, 1.54) is 5.56 Å². The zero-order valence-corrected chi connectivity index (χ0v) is 13.6. The maximum Gasteiger partial charge on any atom is 0.129 e. The summed E-state index contributed by atoms with van der Waals surface area (Å²) in [5.74, 6) is 0.667. The number of halogens is 1. The van der Waals surface area contributed by atoms with Crippen LogP contribution in [0, 0.1) is 6.92 Å². The Hall–Kier alpha value is -2.07. The fraction of sp³-hybridized carbons (Fsp3) is 0.118.